The molecule has 0 unspecified atom stereocenters. The number of amides is 1. The highest BCUT2D eigenvalue weighted by Crippen LogP contribution is 2.24. The Kier molecular flexibility index (Phi) is 5.42. The number of hydrogen-bond acceptors (Lipinski definition) is 3. The third kappa shape index (κ3) is 4.11. The molecule has 20 heavy (non-hydrogen) atoms. The zero-order valence-electron chi connectivity index (χ0n) is 12.0. The number of carbonyl (C=O) groups excluding carboxylic acids is 1. The number of rotatable bonds is 5. The van der Waals surface area contributed by atoms with Crippen LogP contribution in [-0.2, 0) is 10.0 Å². The van der Waals surface area contributed by atoms with Crippen molar-refractivity contribution in [1.29, 1.82) is 0 Å². The van der Waals surface area contributed by atoms with E-state index in [4.69, 9.17) is 11.6 Å². The van der Waals surface area contributed by atoms with Crippen molar-refractivity contribution >= 4 is 33.2 Å². The van der Waals surface area contributed by atoms with E-state index in [1.807, 2.05) is 13.8 Å². The lowest BCUT2D eigenvalue weighted by Crippen LogP contribution is -2.32. The lowest BCUT2D eigenvalue weighted by atomic mass is 10.1. The molecule has 0 spiro atoms. The van der Waals surface area contributed by atoms with E-state index in [9.17, 15) is 13.2 Å². The molecule has 112 valence electrons. The van der Waals surface area contributed by atoms with Gasteiger partial charge in [0.25, 0.3) is 5.91 Å². The lowest BCUT2D eigenvalue weighted by molar-refractivity contribution is 0.0939. The largest absolute Gasteiger partial charge is 0.350 e. The van der Waals surface area contributed by atoms with Gasteiger partial charge in [0.1, 0.15) is 0 Å². The standard InChI is InChI=1S/C13H19ClN2O3S/c1-5-9(2)15-13(17)11-8-10(6-7-12(11)14)16(3)20(4,18)19/h6-9H,5H2,1-4H3,(H,15,17)/t9-/m1/s1. The van der Waals surface area contributed by atoms with Crippen molar-refractivity contribution in [3.8, 4) is 0 Å². The van der Waals surface area contributed by atoms with Crippen LogP contribution in [0.5, 0.6) is 0 Å². The molecule has 0 fully saturated rings. The van der Waals surface area contributed by atoms with Crippen molar-refractivity contribution in [3.63, 3.8) is 0 Å². The van der Waals surface area contributed by atoms with Gasteiger partial charge in [-0.3, -0.25) is 9.10 Å². The average molecular weight is 319 g/mol. The van der Waals surface area contributed by atoms with Gasteiger partial charge in [-0.15, -0.1) is 0 Å². The molecule has 0 radical (unpaired) electrons. The minimum absolute atomic E-state index is 0.0230. The molecule has 1 aromatic carbocycles. The minimum atomic E-state index is -3.38. The van der Waals surface area contributed by atoms with Crippen LogP contribution in [0.25, 0.3) is 0 Å². The first-order chi connectivity index (χ1) is 9.16. The summed E-state index contributed by atoms with van der Waals surface area (Å²) >= 11 is 6.01. The first-order valence-electron chi connectivity index (χ1n) is 6.21. The molecule has 0 saturated heterocycles. The van der Waals surface area contributed by atoms with Crippen molar-refractivity contribution < 1.29 is 13.2 Å². The summed E-state index contributed by atoms with van der Waals surface area (Å²) in [6, 6.07) is 4.57. The second-order valence-electron chi connectivity index (χ2n) is 4.68. The summed E-state index contributed by atoms with van der Waals surface area (Å²) in [5.41, 5.74) is 0.658. The fourth-order valence-corrected chi connectivity index (χ4v) is 2.18. The summed E-state index contributed by atoms with van der Waals surface area (Å²) in [4.78, 5) is 12.1. The molecule has 0 heterocycles. The number of anilines is 1. The van der Waals surface area contributed by atoms with Crippen LogP contribution in [0, 0.1) is 0 Å². The molecular formula is C13H19ClN2O3S. The third-order valence-corrected chi connectivity index (χ3v) is 4.58. The van der Waals surface area contributed by atoms with Gasteiger partial charge in [0.15, 0.2) is 0 Å². The predicted molar refractivity (Wildman–Crippen MR) is 81.9 cm³/mol. The van der Waals surface area contributed by atoms with E-state index >= 15 is 0 Å². The van der Waals surface area contributed by atoms with Crippen LogP contribution in [0.3, 0.4) is 0 Å². The van der Waals surface area contributed by atoms with Gasteiger partial charge >= 0.3 is 0 Å². The number of nitrogens with zero attached hydrogens (tertiary/aromatic N) is 1. The highest BCUT2D eigenvalue weighted by molar-refractivity contribution is 7.92. The van der Waals surface area contributed by atoms with Gasteiger partial charge in [-0.05, 0) is 31.5 Å². The fourth-order valence-electron chi connectivity index (χ4n) is 1.48. The second kappa shape index (κ2) is 6.45. The highest BCUT2D eigenvalue weighted by atomic mass is 35.5. The molecule has 0 aromatic heterocycles. The molecule has 1 rings (SSSR count). The molecule has 0 bridgehead atoms. The summed E-state index contributed by atoms with van der Waals surface area (Å²) in [7, 11) is -1.95. The summed E-state index contributed by atoms with van der Waals surface area (Å²) in [5, 5.41) is 3.09. The van der Waals surface area contributed by atoms with Gasteiger partial charge in [0.05, 0.1) is 22.5 Å². The van der Waals surface area contributed by atoms with Crippen molar-refractivity contribution in [2.45, 2.75) is 26.3 Å². The normalized spacial score (nSPS) is 12.8. The SMILES string of the molecule is CC[C@@H](C)NC(=O)c1cc(N(C)S(C)(=O)=O)ccc1Cl. The average Bonchev–Trinajstić information content (AvgIpc) is 2.37. The van der Waals surface area contributed by atoms with Crippen molar-refractivity contribution in [3.05, 3.63) is 28.8 Å². The maximum absolute atomic E-state index is 12.1. The van der Waals surface area contributed by atoms with Crippen LogP contribution in [0.4, 0.5) is 5.69 Å². The van der Waals surface area contributed by atoms with Gasteiger partial charge in [-0.25, -0.2) is 8.42 Å². The second-order valence-corrected chi connectivity index (χ2v) is 7.10. The fraction of sp³-hybridized carbons (Fsp3) is 0.462. The smallest absolute Gasteiger partial charge is 0.253 e. The van der Waals surface area contributed by atoms with Gasteiger partial charge < -0.3 is 5.32 Å². The Morgan fingerprint density at radius 1 is 1.45 bits per heavy atom. The number of benzene rings is 1. The molecule has 7 heteroatoms. The molecule has 1 amide bonds. The Morgan fingerprint density at radius 2 is 2.05 bits per heavy atom. The van der Waals surface area contributed by atoms with E-state index in [1.165, 1.54) is 19.2 Å². The Balaban J connectivity index is 3.13. The van der Waals surface area contributed by atoms with E-state index in [1.54, 1.807) is 6.07 Å². The molecule has 0 aliphatic rings. The number of hydrogen-bond donors (Lipinski definition) is 1. The van der Waals surface area contributed by atoms with E-state index < -0.39 is 10.0 Å². The minimum Gasteiger partial charge on any atom is -0.350 e. The number of halogens is 1. The van der Waals surface area contributed by atoms with Crippen LogP contribution < -0.4 is 9.62 Å². The zero-order chi connectivity index (χ0) is 15.5. The Bertz CT molecular complexity index is 602. The van der Waals surface area contributed by atoms with E-state index in [-0.39, 0.29) is 22.5 Å². The third-order valence-electron chi connectivity index (χ3n) is 3.05. The molecule has 0 aliphatic carbocycles. The number of sulfonamides is 1. The van der Waals surface area contributed by atoms with Crippen LogP contribution in [-0.4, -0.2) is 33.7 Å². The highest BCUT2D eigenvalue weighted by Gasteiger charge is 2.17. The van der Waals surface area contributed by atoms with Gasteiger partial charge in [0.2, 0.25) is 10.0 Å². The summed E-state index contributed by atoms with van der Waals surface area (Å²) in [6.45, 7) is 3.85. The van der Waals surface area contributed by atoms with E-state index in [0.29, 0.717) is 5.69 Å². The molecular weight excluding hydrogens is 300 g/mol. The van der Waals surface area contributed by atoms with Crippen LogP contribution in [0.2, 0.25) is 5.02 Å². The molecule has 0 saturated carbocycles. The first kappa shape index (κ1) is 16.8. The summed E-state index contributed by atoms with van der Waals surface area (Å²) in [6.07, 6.45) is 1.90. The molecule has 5 nitrogen and oxygen atoms in total. The lowest BCUT2D eigenvalue weighted by Gasteiger charge is -2.18. The van der Waals surface area contributed by atoms with Crippen molar-refractivity contribution in [1.82, 2.24) is 5.32 Å². The Hall–Kier alpha value is -1.27. The molecule has 1 N–H and O–H groups in total. The summed E-state index contributed by atoms with van der Waals surface area (Å²) < 4.78 is 24.1. The zero-order valence-corrected chi connectivity index (χ0v) is 13.5. The van der Waals surface area contributed by atoms with Crippen LogP contribution >= 0.6 is 11.6 Å². The van der Waals surface area contributed by atoms with Crippen molar-refractivity contribution in [2.24, 2.45) is 0 Å². The van der Waals surface area contributed by atoms with Crippen LogP contribution in [0.1, 0.15) is 30.6 Å². The van der Waals surface area contributed by atoms with E-state index in [2.05, 4.69) is 5.32 Å². The maximum atomic E-state index is 12.1. The number of carbonyl (C=O) groups is 1. The molecule has 1 atom stereocenters. The first-order valence-corrected chi connectivity index (χ1v) is 8.43. The monoisotopic (exact) mass is 318 g/mol. The van der Waals surface area contributed by atoms with Crippen molar-refractivity contribution in [2.75, 3.05) is 17.6 Å². The van der Waals surface area contributed by atoms with Gasteiger partial charge in [0, 0.05) is 13.1 Å². The Morgan fingerprint density at radius 3 is 2.55 bits per heavy atom. The van der Waals surface area contributed by atoms with Gasteiger partial charge in [-0.2, -0.15) is 0 Å². The topological polar surface area (TPSA) is 66.5 Å². The molecule has 0 aliphatic heterocycles. The maximum Gasteiger partial charge on any atom is 0.253 e. The van der Waals surface area contributed by atoms with Crippen LogP contribution in [0.15, 0.2) is 18.2 Å². The number of nitrogens with one attached hydrogen (secondary N) is 1. The Labute approximate surface area is 125 Å². The molecule has 1 aromatic rings. The predicted octanol–water partition coefficient (Wildman–Crippen LogP) is 2.26. The van der Waals surface area contributed by atoms with Gasteiger partial charge in [-0.1, -0.05) is 18.5 Å². The summed E-state index contributed by atoms with van der Waals surface area (Å²) in [5.74, 6) is -0.312. The van der Waals surface area contributed by atoms with E-state index in [0.717, 1.165) is 17.0 Å². The quantitative estimate of drug-likeness (QED) is 0.905.